The zero-order chi connectivity index (χ0) is 15.2. The smallest absolute Gasteiger partial charge is 0.185 e. The van der Waals surface area contributed by atoms with Gasteiger partial charge in [0.1, 0.15) is 0 Å². The highest BCUT2D eigenvalue weighted by Crippen LogP contribution is 2.27. The van der Waals surface area contributed by atoms with E-state index < -0.39 is 0 Å². The summed E-state index contributed by atoms with van der Waals surface area (Å²) in [6.07, 6.45) is 4.65. The molecule has 0 aliphatic carbocycles. The number of rotatable bonds is 7. The van der Waals surface area contributed by atoms with Crippen LogP contribution in [0.2, 0.25) is 0 Å². The van der Waals surface area contributed by atoms with E-state index in [4.69, 9.17) is 4.98 Å². The molecule has 2 aromatic heterocycles. The third-order valence-electron chi connectivity index (χ3n) is 3.27. The molecule has 0 saturated heterocycles. The van der Waals surface area contributed by atoms with Gasteiger partial charge in [-0.3, -0.25) is 4.98 Å². The Balaban J connectivity index is 2.08. The number of aromatic nitrogens is 2. The van der Waals surface area contributed by atoms with Gasteiger partial charge in [-0.25, -0.2) is 4.98 Å². The van der Waals surface area contributed by atoms with Crippen LogP contribution < -0.4 is 10.2 Å². The number of nitrogens with zero attached hydrogens (tertiary/aromatic N) is 3. The van der Waals surface area contributed by atoms with Crippen molar-refractivity contribution in [3.63, 3.8) is 0 Å². The van der Waals surface area contributed by atoms with Gasteiger partial charge in [-0.2, -0.15) is 0 Å². The molecule has 0 unspecified atom stereocenters. The average molecular weight is 304 g/mol. The molecule has 0 aromatic carbocycles. The molecular weight excluding hydrogens is 280 g/mol. The fourth-order valence-electron chi connectivity index (χ4n) is 2.07. The van der Waals surface area contributed by atoms with Gasteiger partial charge in [0, 0.05) is 43.4 Å². The molecule has 21 heavy (non-hydrogen) atoms. The van der Waals surface area contributed by atoms with Crippen LogP contribution in [0.5, 0.6) is 0 Å². The number of aryl methyl sites for hydroxylation is 1. The van der Waals surface area contributed by atoms with Gasteiger partial charge in [-0.05, 0) is 24.1 Å². The largest absolute Gasteiger partial charge is 0.347 e. The van der Waals surface area contributed by atoms with E-state index in [-0.39, 0.29) is 0 Å². The Morgan fingerprint density at radius 1 is 1.29 bits per heavy atom. The second kappa shape index (κ2) is 7.52. The van der Waals surface area contributed by atoms with Crippen LogP contribution in [0, 0.1) is 0 Å². The van der Waals surface area contributed by atoms with Crippen molar-refractivity contribution >= 4 is 16.5 Å². The molecule has 2 heterocycles. The molecule has 0 aliphatic rings. The second-order valence-electron chi connectivity index (χ2n) is 5.47. The van der Waals surface area contributed by atoms with Crippen molar-refractivity contribution in [2.75, 3.05) is 11.9 Å². The first-order valence-corrected chi connectivity index (χ1v) is 8.23. The predicted octanol–water partition coefficient (Wildman–Crippen LogP) is 3.23. The van der Waals surface area contributed by atoms with Gasteiger partial charge < -0.3 is 10.2 Å². The van der Waals surface area contributed by atoms with E-state index in [2.05, 4.69) is 43.0 Å². The Kier molecular flexibility index (Phi) is 5.70. The Bertz CT molecular complexity index is 551. The fraction of sp³-hybridized carbons (Fsp3) is 0.500. The van der Waals surface area contributed by atoms with E-state index >= 15 is 0 Å². The minimum Gasteiger partial charge on any atom is -0.347 e. The first-order valence-electron chi connectivity index (χ1n) is 7.42. The average Bonchev–Trinajstić information content (AvgIpc) is 2.89. The van der Waals surface area contributed by atoms with Gasteiger partial charge in [-0.15, -0.1) is 11.3 Å². The highest BCUT2D eigenvalue weighted by atomic mass is 32.1. The lowest BCUT2D eigenvalue weighted by atomic mass is 10.2. The Labute approximate surface area is 131 Å². The lowest BCUT2D eigenvalue weighted by Crippen LogP contribution is -2.21. The lowest BCUT2D eigenvalue weighted by Gasteiger charge is -2.15. The summed E-state index contributed by atoms with van der Waals surface area (Å²) in [5, 5.41) is 4.57. The maximum atomic E-state index is 4.79. The van der Waals surface area contributed by atoms with E-state index in [0.29, 0.717) is 6.04 Å². The van der Waals surface area contributed by atoms with Crippen LogP contribution in [-0.4, -0.2) is 23.1 Å². The zero-order valence-electron chi connectivity index (χ0n) is 13.3. The number of hydrogen-bond acceptors (Lipinski definition) is 5. The molecular formula is C16H24N4S. The molecule has 0 saturated carbocycles. The normalized spacial score (nSPS) is 11.1. The van der Waals surface area contributed by atoms with Crippen molar-refractivity contribution in [1.82, 2.24) is 15.3 Å². The maximum Gasteiger partial charge on any atom is 0.185 e. The fourth-order valence-corrected chi connectivity index (χ4v) is 3.13. The van der Waals surface area contributed by atoms with Gasteiger partial charge in [0.2, 0.25) is 0 Å². The summed E-state index contributed by atoms with van der Waals surface area (Å²) < 4.78 is 0. The minimum atomic E-state index is 0.495. The standard InChI is InChI=1S/C16H24N4S/c1-5-14-15(10-18-12(2)3)21-16(19-14)20(4)11-13-6-8-17-9-7-13/h6-9,12,18H,5,10-11H2,1-4H3. The van der Waals surface area contributed by atoms with E-state index in [1.807, 2.05) is 24.5 Å². The third-order valence-corrected chi connectivity index (χ3v) is 4.48. The Morgan fingerprint density at radius 3 is 2.62 bits per heavy atom. The summed E-state index contributed by atoms with van der Waals surface area (Å²) in [6, 6.07) is 4.59. The summed E-state index contributed by atoms with van der Waals surface area (Å²) in [5.41, 5.74) is 2.47. The van der Waals surface area contributed by atoms with Crippen LogP contribution >= 0.6 is 11.3 Å². The number of hydrogen-bond donors (Lipinski definition) is 1. The van der Waals surface area contributed by atoms with Crippen molar-refractivity contribution < 1.29 is 0 Å². The van der Waals surface area contributed by atoms with Crippen LogP contribution in [0.1, 0.15) is 36.9 Å². The molecule has 0 aliphatic heterocycles. The van der Waals surface area contributed by atoms with Crippen LogP contribution in [0.3, 0.4) is 0 Å². The van der Waals surface area contributed by atoms with Crippen LogP contribution in [0.15, 0.2) is 24.5 Å². The number of anilines is 1. The van der Waals surface area contributed by atoms with Crippen molar-refractivity contribution in [2.45, 2.75) is 46.3 Å². The summed E-state index contributed by atoms with van der Waals surface area (Å²) in [5.74, 6) is 0. The molecule has 5 heteroatoms. The molecule has 2 rings (SSSR count). The molecule has 0 bridgehead atoms. The lowest BCUT2D eigenvalue weighted by molar-refractivity contribution is 0.590. The van der Waals surface area contributed by atoms with Crippen LogP contribution in [0.4, 0.5) is 5.13 Å². The van der Waals surface area contributed by atoms with E-state index in [0.717, 1.165) is 24.6 Å². The zero-order valence-corrected chi connectivity index (χ0v) is 14.1. The molecule has 2 aromatic rings. The highest BCUT2D eigenvalue weighted by molar-refractivity contribution is 7.15. The SMILES string of the molecule is CCc1nc(N(C)Cc2ccncc2)sc1CNC(C)C. The van der Waals surface area contributed by atoms with Crippen molar-refractivity contribution in [3.8, 4) is 0 Å². The second-order valence-corrected chi connectivity index (χ2v) is 6.53. The molecule has 0 atom stereocenters. The predicted molar refractivity (Wildman–Crippen MR) is 89.8 cm³/mol. The van der Waals surface area contributed by atoms with Crippen LogP contribution in [0.25, 0.3) is 0 Å². The molecule has 114 valence electrons. The summed E-state index contributed by atoms with van der Waals surface area (Å²) >= 11 is 1.79. The maximum absolute atomic E-state index is 4.79. The van der Waals surface area contributed by atoms with Crippen molar-refractivity contribution in [3.05, 3.63) is 40.7 Å². The topological polar surface area (TPSA) is 41.1 Å². The van der Waals surface area contributed by atoms with Crippen molar-refractivity contribution in [2.24, 2.45) is 0 Å². The molecule has 4 nitrogen and oxygen atoms in total. The third kappa shape index (κ3) is 4.51. The summed E-state index contributed by atoms with van der Waals surface area (Å²) in [6.45, 7) is 8.27. The van der Waals surface area contributed by atoms with E-state index in [1.165, 1.54) is 16.1 Å². The molecule has 0 amide bonds. The van der Waals surface area contributed by atoms with Gasteiger partial charge in [-0.1, -0.05) is 20.8 Å². The van der Waals surface area contributed by atoms with E-state index in [9.17, 15) is 0 Å². The first kappa shape index (κ1) is 15.9. The monoisotopic (exact) mass is 304 g/mol. The Hall–Kier alpha value is -1.46. The van der Waals surface area contributed by atoms with Crippen LogP contribution in [-0.2, 0) is 19.5 Å². The number of pyridine rings is 1. The summed E-state index contributed by atoms with van der Waals surface area (Å²) in [4.78, 5) is 12.4. The van der Waals surface area contributed by atoms with Gasteiger partial charge in [0.25, 0.3) is 0 Å². The van der Waals surface area contributed by atoms with Gasteiger partial charge in [0.15, 0.2) is 5.13 Å². The van der Waals surface area contributed by atoms with Gasteiger partial charge >= 0.3 is 0 Å². The van der Waals surface area contributed by atoms with E-state index in [1.54, 1.807) is 11.3 Å². The van der Waals surface area contributed by atoms with Crippen molar-refractivity contribution in [1.29, 1.82) is 0 Å². The Morgan fingerprint density at radius 2 is 2.00 bits per heavy atom. The number of nitrogens with one attached hydrogen (secondary N) is 1. The summed E-state index contributed by atoms with van der Waals surface area (Å²) in [7, 11) is 2.10. The number of thiazole rings is 1. The molecule has 1 N–H and O–H groups in total. The quantitative estimate of drug-likeness (QED) is 0.852. The molecule has 0 radical (unpaired) electrons. The minimum absolute atomic E-state index is 0.495. The highest BCUT2D eigenvalue weighted by Gasteiger charge is 2.13. The van der Waals surface area contributed by atoms with Gasteiger partial charge in [0.05, 0.1) is 5.69 Å². The first-order chi connectivity index (χ1) is 10.1. The molecule has 0 spiro atoms. The molecule has 0 fully saturated rings.